The minimum atomic E-state index is -0.513. The van der Waals surface area contributed by atoms with Gasteiger partial charge in [0.25, 0.3) is 0 Å². The quantitative estimate of drug-likeness (QED) is 0.629. The van der Waals surface area contributed by atoms with Crippen LogP contribution in [0.3, 0.4) is 0 Å². The van der Waals surface area contributed by atoms with Crippen LogP contribution in [0.15, 0.2) is 30.5 Å². The second-order valence-corrected chi connectivity index (χ2v) is 4.63. The van der Waals surface area contributed by atoms with E-state index in [-0.39, 0.29) is 11.5 Å². The largest absolute Gasteiger partial charge is 0.364 e. The second-order valence-electron chi connectivity index (χ2n) is 4.19. The monoisotopic (exact) mass is 307 g/mol. The van der Waals surface area contributed by atoms with Gasteiger partial charge in [0.2, 0.25) is 11.8 Å². The molecule has 110 valence electrons. The molecule has 0 radical (unpaired) electrons. The molecule has 2 aromatic rings. The van der Waals surface area contributed by atoms with E-state index in [1.54, 1.807) is 12.1 Å². The number of nitro groups is 1. The predicted octanol–water partition coefficient (Wildman–Crippen LogP) is 3.08. The fourth-order valence-corrected chi connectivity index (χ4v) is 1.80. The number of hydrogen-bond acceptors (Lipinski definition) is 6. The third-order valence-corrected chi connectivity index (χ3v) is 2.93. The van der Waals surface area contributed by atoms with Gasteiger partial charge in [0.05, 0.1) is 4.92 Å². The van der Waals surface area contributed by atoms with Crippen LogP contribution in [0.5, 0.6) is 0 Å². The Morgan fingerprint density at radius 1 is 1.29 bits per heavy atom. The highest BCUT2D eigenvalue weighted by molar-refractivity contribution is 6.30. The molecule has 0 saturated carbocycles. The number of rotatable bonds is 6. The third-order valence-electron chi connectivity index (χ3n) is 2.67. The Morgan fingerprint density at radius 2 is 2.00 bits per heavy atom. The van der Waals surface area contributed by atoms with Gasteiger partial charge in [-0.15, -0.1) is 0 Å². The van der Waals surface area contributed by atoms with Crippen molar-refractivity contribution in [1.29, 1.82) is 0 Å². The molecule has 0 bridgehead atoms. The number of nitrogens with zero attached hydrogens (tertiary/aromatic N) is 3. The Morgan fingerprint density at radius 3 is 2.62 bits per heavy atom. The van der Waals surface area contributed by atoms with Crippen molar-refractivity contribution in [3.8, 4) is 0 Å². The molecule has 1 heterocycles. The van der Waals surface area contributed by atoms with E-state index >= 15 is 0 Å². The molecule has 0 aliphatic rings. The highest BCUT2D eigenvalue weighted by Gasteiger charge is 2.16. The topological polar surface area (TPSA) is 93.0 Å². The van der Waals surface area contributed by atoms with Crippen molar-refractivity contribution in [2.45, 2.75) is 13.5 Å². The van der Waals surface area contributed by atoms with Crippen molar-refractivity contribution in [2.24, 2.45) is 0 Å². The van der Waals surface area contributed by atoms with Gasteiger partial charge < -0.3 is 10.6 Å². The van der Waals surface area contributed by atoms with Crippen molar-refractivity contribution in [2.75, 3.05) is 17.2 Å². The summed E-state index contributed by atoms with van der Waals surface area (Å²) >= 11 is 5.81. The maximum absolute atomic E-state index is 10.9. The van der Waals surface area contributed by atoms with E-state index in [0.29, 0.717) is 24.1 Å². The lowest BCUT2D eigenvalue weighted by molar-refractivity contribution is -0.384. The molecule has 7 nitrogen and oxygen atoms in total. The lowest BCUT2D eigenvalue weighted by Gasteiger charge is -2.08. The SMILES string of the molecule is CCNc1nc(NCc2ccc(Cl)cc2)ncc1[N+](=O)[O-]. The van der Waals surface area contributed by atoms with Crippen LogP contribution in [0.4, 0.5) is 17.5 Å². The molecular weight excluding hydrogens is 294 g/mol. The summed E-state index contributed by atoms with van der Waals surface area (Å²) in [6.45, 7) is 2.88. The van der Waals surface area contributed by atoms with Gasteiger partial charge >= 0.3 is 5.69 Å². The lowest BCUT2D eigenvalue weighted by Crippen LogP contribution is -2.09. The fraction of sp³-hybridized carbons (Fsp3) is 0.231. The van der Waals surface area contributed by atoms with Crippen LogP contribution in [0.2, 0.25) is 5.02 Å². The van der Waals surface area contributed by atoms with E-state index in [2.05, 4.69) is 20.6 Å². The Labute approximate surface area is 126 Å². The molecule has 21 heavy (non-hydrogen) atoms. The Kier molecular flexibility index (Phi) is 4.89. The summed E-state index contributed by atoms with van der Waals surface area (Å²) in [5.74, 6) is 0.530. The molecule has 2 rings (SSSR count). The van der Waals surface area contributed by atoms with Gasteiger partial charge in [-0.2, -0.15) is 4.98 Å². The minimum Gasteiger partial charge on any atom is -0.364 e. The first-order chi connectivity index (χ1) is 10.1. The van der Waals surface area contributed by atoms with Crippen molar-refractivity contribution >= 4 is 29.1 Å². The van der Waals surface area contributed by atoms with Gasteiger partial charge in [-0.05, 0) is 24.6 Å². The molecule has 0 saturated heterocycles. The lowest BCUT2D eigenvalue weighted by atomic mass is 10.2. The van der Waals surface area contributed by atoms with Crippen molar-refractivity contribution in [3.63, 3.8) is 0 Å². The zero-order chi connectivity index (χ0) is 15.2. The van der Waals surface area contributed by atoms with E-state index in [0.717, 1.165) is 5.56 Å². The van der Waals surface area contributed by atoms with Crippen LogP contribution in [0.1, 0.15) is 12.5 Å². The van der Waals surface area contributed by atoms with E-state index < -0.39 is 4.92 Å². The molecule has 8 heteroatoms. The number of halogens is 1. The molecule has 0 amide bonds. The number of anilines is 2. The van der Waals surface area contributed by atoms with E-state index in [4.69, 9.17) is 11.6 Å². The average Bonchev–Trinajstić information content (AvgIpc) is 2.47. The van der Waals surface area contributed by atoms with Crippen LogP contribution in [0.25, 0.3) is 0 Å². The molecule has 0 spiro atoms. The molecule has 0 aliphatic heterocycles. The molecule has 0 atom stereocenters. The summed E-state index contributed by atoms with van der Waals surface area (Å²) in [6, 6.07) is 7.34. The highest BCUT2D eigenvalue weighted by atomic mass is 35.5. The Balaban J connectivity index is 2.11. The zero-order valence-corrected chi connectivity index (χ0v) is 12.1. The van der Waals surface area contributed by atoms with Crippen LogP contribution < -0.4 is 10.6 Å². The molecule has 2 N–H and O–H groups in total. The summed E-state index contributed by atoms with van der Waals surface area (Å²) in [5, 5.41) is 17.4. The normalized spacial score (nSPS) is 10.2. The van der Waals surface area contributed by atoms with Gasteiger partial charge in [-0.1, -0.05) is 23.7 Å². The summed E-state index contributed by atoms with van der Waals surface area (Å²) < 4.78 is 0. The zero-order valence-electron chi connectivity index (χ0n) is 11.3. The smallest absolute Gasteiger partial charge is 0.329 e. The number of aromatic nitrogens is 2. The number of benzene rings is 1. The van der Waals surface area contributed by atoms with Crippen molar-refractivity contribution in [3.05, 3.63) is 51.2 Å². The van der Waals surface area contributed by atoms with E-state index in [1.807, 2.05) is 19.1 Å². The van der Waals surface area contributed by atoms with Crippen LogP contribution in [0, 0.1) is 10.1 Å². The van der Waals surface area contributed by atoms with Gasteiger partial charge in [0.15, 0.2) is 0 Å². The second kappa shape index (κ2) is 6.85. The van der Waals surface area contributed by atoms with Crippen LogP contribution >= 0.6 is 11.6 Å². The van der Waals surface area contributed by atoms with E-state index in [1.165, 1.54) is 6.20 Å². The van der Waals surface area contributed by atoms with E-state index in [9.17, 15) is 10.1 Å². The summed E-state index contributed by atoms with van der Waals surface area (Å²) in [5.41, 5.74) is 0.861. The molecule has 1 aromatic heterocycles. The first-order valence-electron chi connectivity index (χ1n) is 6.33. The van der Waals surface area contributed by atoms with Gasteiger partial charge in [0.1, 0.15) is 6.20 Å². The molecule has 1 aromatic carbocycles. The predicted molar refractivity (Wildman–Crippen MR) is 81.6 cm³/mol. The Hall–Kier alpha value is -2.41. The molecule has 0 aliphatic carbocycles. The summed E-state index contributed by atoms with van der Waals surface area (Å²) in [6.07, 6.45) is 1.19. The van der Waals surface area contributed by atoms with Crippen LogP contribution in [-0.2, 0) is 6.54 Å². The first kappa shape index (κ1) is 15.0. The fourth-order valence-electron chi connectivity index (χ4n) is 1.68. The van der Waals surface area contributed by atoms with Gasteiger partial charge in [0, 0.05) is 18.1 Å². The summed E-state index contributed by atoms with van der Waals surface area (Å²) in [7, 11) is 0. The first-order valence-corrected chi connectivity index (χ1v) is 6.71. The maximum atomic E-state index is 10.9. The Bertz CT molecular complexity index is 633. The van der Waals surface area contributed by atoms with Crippen molar-refractivity contribution < 1.29 is 4.92 Å². The molecule has 0 fully saturated rings. The van der Waals surface area contributed by atoms with Gasteiger partial charge in [-0.25, -0.2) is 4.98 Å². The average molecular weight is 308 g/mol. The number of nitrogens with one attached hydrogen (secondary N) is 2. The highest BCUT2D eigenvalue weighted by Crippen LogP contribution is 2.21. The third kappa shape index (κ3) is 4.03. The summed E-state index contributed by atoms with van der Waals surface area (Å²) in [4.78, 5) is 18.4. The van der Waals surface area contributed by atoms with Crippen molar-refractivity contribution in [1.82, 2.24) is 9.97 Å². The number of hydrogen-bond donors (Lipinski definition) is 2. The van der Waals surface area contributed by atoms with Crippen LogP contribution in [-0.4, -0.2) is 21.4 Å². The molecule has 0 unspecified atom stereocenters. The maximum Gasteiger partial charge on any atom is 0.329 e. The minimum absolute atomic E-state index is 0.145. The molecular formula is C13H14ClN5O2. The standard InChI is InChI=1S/C13H14ClN5O2/c1-2-15-12-11(19(20)21)8-17-13(18-12)16-7-9-3-5-10(14)6-4-9/h3-6,8H,2,7H2,1H3,(H2,15,16,17,18). The van der Waals surface area contributed by atoms with Gasteiger partial charge in [-0.3, -0.25) is 10.1 Å².